The van der Waals surface area contributed by atoms with Crippen LogP contribution in [0.1, 0.15) is 6.92 Å². The molecular weight excluding hydrogens is 188 g/mol. The maximum absolute atomic E-state index is 11.3. The molecular formula is C8H12N2O2S. The van der Waals surface area contributed by atoms with Crippen molar-refractivity contribution in [2.75, 3.05) is 19.3 Å². The molecule has 0 spiro atoms. The van der Waals surface area contributed by atoms with Crippen molar-refractivity contribution in [1.82, 2.24) is 9.62 Å². The van der Waals surface area contributed by atoms with Crippen molar-refractivity contribution in [1.29, 1.82) is 0 Å². The summed E-state index contributed by atoms with van der Waals surface area (Å²) in [6, 6.07) is 0. The third-order valence-corrected chi connectivity index (χ3v) is 2.83. The average Bonchev–Trinajstić information content (AvgIpc) is 2.09. The summed E-state index contributed by atoms with van der Waals surface area (Å²) in [6.07, 6.45) is 1.57. The molecule has 1 aliphatic rings. The van der Waals surface area contributed by atoms with Crippen molar-refractivity contribution < 1.29 is 9.59 Å². The first kappa shape index (κ1) is 10.1. The van der Waals surface area contributed by atoms with Crippen molar-refractivity contribution in [2.45, 2.75) is 6.92 Å². The van der Waals surface area contributed by atoms with Crippen LogP contribution in [0.15, 0.2) is 11.6 Å². The van der Waals surface area contributed by atoms with E-state index in [1.54, 1.807) is 13.1 Å². The minimum atomic E-state index is -0.145. The Bertz CT molecular complexity index is 263. The molecule has 0 aromatic rings. The number of hydrogen-bond donors (Lipinski definition) is 1. The maximum Gasteiger partial charge on any atom is 0.256 e. The van der Waals surface area contributed by atoms with E-state index < -0.39 is 0 Å². The Balaban J connectivity index is 2.54. The third kappa shape index (κ3) is 2.77. The van der Waals surface area contributed by atoms with Crippen LogP contribution >= 0.6 is 11.9 Å². The molecule has 2 amide bonds. The Morgan fingerprint density at radius 2 is 2.46 bits per heavy atom. The number of hydrogen-bond acceptors (Lipinski definition) is 3. The molecule has 0 saturated carbocycles. The molecule has 0 aliphatic carbocycles. The lowest BCUT2D eigenvalue weighted by atomic mass is 10.3. The van der Waals surface area contributed by atoms with E-state index in [-0.39, 0.29) is 18.4 Å². The van der Waals surface area contributed by atoms with Gasteiger partial charge in [0.1, 0.15) is 6.54 Å². The Morgan fingerprint density at radius 3 is 3.00 bits per heavy atom. The Hall–Kier alpha value is -0.970. The topological polar surface area (TPSA) is 49.4 Å². The van der Waals surface area contributed by atoms with E-state index in [2.05, 4.69) is 5.32 Å². The molecule has 0 saturated heterocycles. The van der Waals surface area contributed by atoms with Crippen LogP contribution in [-0.4, -0.2) is 35.5 Å². The summed E-state index contributed by atoms with van der Waals surface area (Å²) in [5, 5.41) is 2.48. The summed E-state index contributed by atoms with van der Waals surface area (Å²) in [7, 11) is 1.56. The lowest BCUT2D eigenvalue weighted by molar-refractivity contribution is -0.127. The molecule has 5 heteroatoms. The fourth-order valence-electron chi connectivity index (χ4n) is 0.901. The summed E-state index contributed by atoms with van der Waals surface area (Å²) >= 11 is 1.38. The minimum Gasteiger partial charge on any atom is -0.358 e. The molecule has 0 bridgehead atoms. The zero-order valence-corrected chi connectivity index (χ0v) is 8.48. The smallest absolute Gasteiger partial charge is 0.256 e. The molecule has 0 radical (unpaired) electrons. The highest BCUT2D eigenvalue weighted by molar-refractivity contribution is 7.97. The Labute approximate surface area is 81.5 Å². The van der Waals surface area contributed by atoms with Crippen LogP contribution in [0.3, 0.4) is 0 Å². The van der Waals surface area contributed by atoms with Gasteiger partial charge in [-0.15, -0.1) is 0 Å². The SMILES string of the molecule is CNC(=O)CN1SCC(C)=CC1=O. The second-order valence-corrected chi connectivity index (χ2v) is 3.80. The molecule has 0 unspecified atom stereocenters. The van der Waals surface area contributed by atoms with Gasteiger partial charge < -0.3 is 5.32 Å². The van der Waals surface area contributed by atoms with E-state index in [0.717, 1.165) is 11.3 Å². The van der Waals surface area contributed by atoms with Crippen LogP contribution < -0.4 is 5.32 Å². The molecule has 0 atom stereocenters. The molecule has 13 heavy (non-hydrogen) atoms. The fourth-order valence-corrected chi connectivity index (χ4v) is 1.73. The minimum absolute atomic E-state index is 0.0997. The molecule has 0 aromatic heterocycles. The quantitative estimate of drug-likeness (QED) is 0.646. The molecule has 0 aromatic carbocycles. The summed E-state index contributed by atoms with van der Waals surface area (Å²) in [6.45, 7) is 2.03. The van der Waals surface area contributed by atoms with Crippen molar-refractivity contribution >= 4 is 23.8 Å². The van der Waals surface area contributed by atoms with Gasteiger partial charge in [-0.05, 0) is 18.9 Å². The highest BCUT2D eigenvalue weighted by Gasteiger charge is 2.19. The van der Waals surface area contributed by atoms with Crippen molar-refractivity contribution in [3.05, 3.63) is 11.6 Å². The lowest BCUT2D eigenvalue weighted by Crippen LogP contribution is -2.36. The maximum atomic E-state index is 11.3. The van der Waals surface area contributed by atoms with Gasteiger partial charge in [0.2, 0.25) is 5.91 Å². The van der Waals surface area contributed by atoms with Crippen LogP contribution in [0.25, 0.3) is 0 Å². The van der Waals surface area contributed by atoms with Crippen molar-refractivity contribution in [2.24, 2.45) is 0 Å². The van der Waals surface area contributed by atoms with E-state index >= 15 is 0 Å². The third-order valence-electron chi connectivity index (χ3n) is 1.63. The lowest BCUT2D eigenvalue weighted by Gasteiger charge is -2.22. The summed E-state index contributed by atoms with van der Waals surface area (Å²) in [4.78, 5) is 22.3. The van der Waals surface area contributed by atoms with Gasteiger partial charge in [-0.25, -0.2) is 0 Å². The van der Waals surface area contributed by atoms with Gasteiger partial charge in [-0.3, -0.25) is 13.9 Å². The molecule has 1 aliphatic heterocycles. The first-order valence-electron chi connectivity index (χ1n) is 3.95. The van der Waals surface area contributed by atoms with Crippen molar-refractivity contribution in [3.63, 3.8) is 0 Å². The summed E-state index contributed by atoms with van der Waals surface area (Å²) in [5.74, 6) is 0.536. The number of nitrogens with zero attached hydrogens (tertiary/aromatic N) is 1. The van der Waals surface area contributed by atoms with Gasteiger partial charge in [0, 0.05) is 18.9 Å². The molecule has 4 nitrogen and oxygen atoms in total. The summed E-state index contributed by atoms with van der Waals surface area (Å²) < 4.78 is 1.46. The number of rotatable bonds is 2. The molecule has 1 N–H and O–H groups in total. The van der Waals surface area contributed by atoms with Gasteiger partial charge in [0.05, 0.1) is 0 Å². The normalized spacial score (nSPS) is 16.9. The Kier molecular flexibility index (Phi) is 3.36. The first-order valence-corrected chi connectivity index (χ1v) is 4.90. The highest BCUT2D eigenvalue weighted by Crippen LogP contribution is 2.19. The molecule has 1 rings (SSSR count). The Morgan fingerprint density at radius 1 is 1.77 bits per heavy atom. The largest absolute Gasteiger partial charge is 0.358 e. The number of carbonyl (C=O) groups excluding carboxylic acids is 2. The van der Waals surface area contributed by atoms with E-state index in [0.29, 0.717) is 0 Å². The van der Waals surface area contributed by atoms with Crippen LogP contribution in [0.4, 0.5) is 0 Å². The van der Waals surface area contributed by atoms with Gasteiger partial charge in [-0.2, -0.15) is 0 Å². The second-order valence-electron chi connectivity index (χ2n) is 2.81. The molecule has 1 heterocycles. The predicted molar refractivity (Wildman–Crippen MR) is 52.0 cm³/mol. The molecule has 0 fully saturated rings. The summed E-state index contributed by atoms with van der Waals surface area (Å²) in [5.41, 5.74) is 1.04. The van der Waals surface area contributed by atoms with E-state index in [9.17, 15) is 9.59 Å². The van der Waals surface area contributed by atoms with Crippen LogP contribution in [-0.2, 0) is 9.59 Å². The van der Waals surface area contributed by atoms with Gasteiger partial charge >= 0.3 is 0 Å². The van der Waals surface area contributed by atoms with E-state index in [1.165, 1.54) is 16.3 Å². The second kappa shape index (κ2) is 4.32. The van der Waals surface area contributed by atoms with Gasteiger partial charge in [0.25, 0.3) is 5.91 Å². The van der Waals surface area contributed by atoms with E-state index in [1.807, 2.05) is 6.92 Å². The average molecular weight is 200 g/mol. The van der Waals surface area contributed by atoms with E-state index in [4.69, 9.17) is 0 Å². The molecule has 72 valence electrons. The van der Waals surface area contributed by atoms with Crippen LogP contribution in [0, 0.1) is 0 Å². The standard InChI is InChI=1S/C8H12N2O2S/c1-6-3-8(12)10(13-5-6)4-7(11)9-2/h3H,4-5H2,1-2H3,(H,9,11). The van der Waals surface area contributed by atoms with Gasteiger partial charge in [0.15, 0.2) is 0 Å². The van der Waals surface area contributed by atoms with Crippen LogP contribution in [0.2, 0.25) is 0 Å². The van der Waals surface area contributed by atoms with Gasteiger partial charge in [-0.1, -0.05) is 5.57 Å². The highest BCUT2D eigenvalue weighted by atomic mass is 32.2. The number of amides is 2. The fraction of sp³-hybridized carbons (Fsp3) is 0.500. The van der Waals surface area contributed by atoms with Crippen LogP contribution in [0.5, 0.6) is 0 Å². The zero-order valence-electron chi connectivity index (χ0n) is 7.66. The number of likely N-dealkylation sites (N-methyl/N-ethyl adjacent to an activating group) is 1. The monoisotopic (exact) mass is 200 g/mol. The number of nitrogens with one attached hydrogen (secondary N) is 1. The number of carbonyl (C=O) groups is 2. The first-order chi connectivity index (χ1) is 6.13. The zero-order chi connectivity index (χ0) is 9.84. The van der Waals surface area contributed by atoms with Crippen molar-refractivity contribution in [3.8, 4) is 0 Å². The predicted octanol–water partition coefficient (Wildman–Crippen LogP) is 0.169.